The van der Waals surface area contributed by atoms with Crippen molar-refractivity contribution in [2.24, 2.45) is 0 Å². The maximum atomic E-state index is 6.15. The van der Waals surface area contributed by atoms with Crippen molar-refractivity contribution in [3.05, 3.63) is 39.7 Å². The maximum absolute atomic E-state index is 6.15. The Morgan fingerprint density at radius 3 is 2.85 bits per heavy atom. The van der Waals surface area contributed by atoms with Gasteiger partial charge in [-0.3, -0.25) is 0 Å². The Balaban J connectivity index is 1.66. The highest BCUT2D eigenvalue weighted by Crippen LogP contribution is 2.39. The van der Waals surface area contributed by atoms with E-state index in [2.05, 4.69) is 10.5 Å². The van der Waals surface area contributed by atoms with Crippen LogP contribution in [0.15, 0.2) is 16.7 Å². The van der Waals surface area contributed by atoms with Gasteiger partial charge in [0.2, 0.25) is 6.79 Å². The van der Waals surface area contributed by atoms with Crippen molar-refractivity contribution in [1.29, 1.82) is 0 Å². The molecule has 0 saturated heterocycles. The molecule has 106 valence electrons. The Hall–Kier alpha value is -1.72. The average Bonchev–Trinajstić information content (AvgIpc) is 3.00. The molecule has 0 fully saturated rings. The molecule has 1 N–H and O–H groups in total. The minimum Gasteiger partial charge on any atom is -0.454 e. The second-order valence-electron chi connectivity index (χ2n) is 4.72. The summed E-state index contributed by atoms with van der Waals surface area (Å²) in [6.07, 6.45) is 0. The zero-order valence-electron chi connectivity index (χ0n) is 11.3. The van der Waals surface area contributed by atoms with Crippen molar-refractivity contribution in [3.63, 3.8) is 0 Å². The average molecular weight is 295 g/mol. The Kier molecular flexibility index (Phi) is 3.54. The highest BCUT2D eigenvalue weighted by Gasteiger charge is 2.18. The van der Waals surface area contributed by atoms with Crippen LogP contribution in [0.4, 0.5) is 0 Å². The lowest BCUT2D eigenvalue weighted by Crippen LogP contribution is -2.13. The number of aromatic nitrogens is 1. The molecule has 1 aromatic carbocycles. The van der Waals surface area contributed by atoms with E-state index in [-0.39, 0.29) is 6.79 Å². The van der Waals surface area contributed by atoms with Gasteiger partial charge in [0.25, 0.3) is 0 Å². The van der Waals surface area contributed by atoms with E-state index in [4.69, 9.17) is 25.6 Å². The number of hydrogen-bond donors (Lipinski definition) is 1. The van der Waals surface area contributed by atoms with Crippen molar-refractivity contribution in [2.45, 2.75) is 26.9 Å². The van der Waals surface area contributed by atoms with Gasteiger partial charge in [0, 0.05) is 18.7 Å². The summed E-state index contributed by atoms with van der Waals surface area (Å²) in [7, 11) is 0. The second-order valence-corrected chi connectivity index (χ2v) is 5.12. The van der Waals surface area contributed by atoms with Crippen LogP contribution >= 0.6 is 11.6 Å². The van der Waals surface area contributed by atoms with Gasteiger partial charge in [0.1, 0.15) is 5.76 Å². The summed E-state index contributed by atoms with van der Waals surface area (Å²) in [5.74, 6) is 2.17. The first-order chi connectivity index (χ1) is 9.65. The van der Waals surface area contributed by atoms with E-state index in [0.717, 1.165) is 22.6 Å². The smallest absolute Gasteiger partial charge is 0.231 e. The van der Waals surface area contributed by atoms with E-state index in [1.54, 1.807) is 0 Å². The number of fused-ring (bicyclic) bond motifs is 1. The van der Waals surface area contributed by atoms with Crippen molar-refractivity contribution in [3.8, 4) is 11.5 Å². The molecule has 5 nitrogen and oxygen atoms in total. The Labute approximate surface area is 121 Å². The first kappa shape index (κ1) is 13.3. The van der Waals surface area contributed by atoms with E-state index in [1.165, 1.54) is 0 Å². The molecule has 2 aromatic rings. The molecule has 0 aliphatic carbocycles. The van der Waals surface area contributed by atoms with E-state index >= 15 is 0 Å². The van der Waals surface area contributed by atoms with Crippen LogP contribution in [0.5, 0.6) is 11.5 Å². The molecule has 0 bridgehead atoms. The largest absolute Gasteiger partial charge is 0.454 e. The fourth-order valence-electron chi connectivity index (χ4n) is 2.21. The van der Waals surface area contributed by atoms with Crippen LogP contribution in [0.25, 0.3) is 0 Å². The third-order valence-electron chi connectivity index (χ3n) is 3.30. The standard InChI is InChI=1S/C14H15ClN2O3/c1-8-11(9(2)20-17-8)6-16-5-10-3-12(15)14-13(4-10)18-7-19-14/h3-4,16H,5-7H2,1-2H3. The highest BCUT2D eigenvalue weighted by molar-refractivity contribution is 6.32. The van der Waals surface area contributed by atoms with Gasteiger partial charge in [-0.1, -0.05) is 16.8 Å². The lowest BCUT2D eigenvalue weighted by molar-refractivity contribution is 0.174. The van der Waals surface area contributed by atoms with Gasteiger partial charge >= 0.3 is 0 Å². The summed E-state index contributed by atoms with van der Waals surface area (Å²) in [4.78, 5) is 0. The highest BCUT2D eigenvalue weighted by atomic mass is 35.5. The van der Waals surface area contributed by atoms with Crippen LogP contribution in [0.2, 0.25) is 5.02 Å². The topological polar surface area (TPSA) is 56.5 Å². The monoisotopic (exact) mass is 294 g/mol. The minimum absolute atomic E-state index is 0.227. The number of hydrogen-bond acceptors (Lipinski definition) is 5. The van der Waals surface area contributed by atoms with Crippen LogP contribution in [0.3, 0.4) is 0 Å². The SMILES string of the molecule is Cc1noc(C)c1CNCc1cc(Cl)c2c(c1)OCO2. The van der Waals surface area contributed by atoms with E-state index in [9.17, 15) is 0 Å². The summed E-state index contributed by atoms with van der Waals surface area (Å²) < 4.78 is 15.8. The molecule has 1 aliphatic heterocycles. The first-order valence-electron chi connectivity index (χ1n) is 6.35. The Morgan fingerprint density at radius 2 is 2.10 bits per heavy atom. The molecule has 0 spiro atoms. The van der Waals surface area contributed by atoms with Gasteiger partial charge in [-0.25, -0.2) is 0 Å². The number of nitrogens with one attached hydrogen (secondary N) is 1. The molecule has 0 saturated carbocycles. The minimum atomic E-state index is 0.227. The molecule has 2 heterocycles. The van der Waals surface area contributed by atoms with Gasteiger partial charge in [0.05, 0.1) is 10.7 Å². The van der Waals surface area contributed by atoms with Crippen LogP contribution in [-0.2, 0) is 13.1 Å². The number of rotatable bonds is 4. The quantitative estimate of drug-likeness (QED) is 0.939. The van der Waals surface area contributed by atoms with Gasteiger partial charge in [-0.2, -0.15) is 0 Å². The van der Waals surface area contributed by atoms with E-state index in [0.29, 0.717) is 29.6 Å². The lowest BCUT2D eigenvalue weighted by Gasteiger charge is -2.07. The zero-order chi connectivity index (χ0) is 14.1. The molecular weight excluding hydrogens is 280 g/mol. The normalized spacial score (nSPS) is 12.9. The van der Waals surface area contributed by atoms with Crippen LogP contribution in [-0.4, -0.2) is 11.9 Å². The Bertz CT molecular complexity index is 620. The summed E-state index contributed by atoms with van der Waals surface area (Å²) in [5.41, 5.74) is 3.06. The summed E-state index contributed by atoms with van der Waals surface area (Å²) in [6, 6.07) is 3.82. The van der Waals surface area contributed by atoms with E-state index in [1.807, 2.05) is 26.0 Å². The Morgan fingerprint density at radius 1 is 1.25 bits per heavy atom. The molecule has 0 atom stereocenters. The number of aryl methyl sites for hydroxylation is 2. The fourth-order valence-corrected chi connectivity index (χ4v) is 2.50. The molecule has 6 heteroatoms. The second kappa shape index (κ2) is 5.34. The zero-order valence-corrected chi connectivity index (χ0v) is 12.1. The predicted octanol–water partition coefficient (Wildman–Crippen LogP) is 2.96. The van der Waals surface area contributed by atoms with Crippen molar-refractivity contribution in [2.75, 3.05) is 6.79 Å². The molecule has 0 amide bonds. The fraction of sp³-hybridized carbons (Fsp3) is 0.357. The molecule has 3 rings (SSSR count). The van der Waals surface area contributed by atoms with Crippen LogP contribution < -0.4 is 14.8 Å². The molecule has 20 heavy (non-hydrogen) atoms. The molecule has 1 aliphatic rings. The lowest BCUT2D eigenvalue weighted by atomic mass is 10.1. The van der Waals surface area contributed by atoms with Gasteiger partial charge in [-0.05, 0) is 31.5 Å². The van der Waals surface area contributed by atoms with Crippen molar-refractivity contribution < 1.29 is 14.0 Å². The summed E-state index contributed by atoms with van der Waals surface area (Å²) >= 11 is 6.15. The predicted molar refractivity (Wildman–Crippen MR) is 74.1 cm³/mol. The molecule has 0 radical (unpaired) electrons. The van der Waals surface area contributed by atoms with Crippen LogP contribution in [0.1, 0.15) is 22.6 Å². The van der Waals surface area contributed by atoms with Gasteiger partial charge in [-0.15, -0.1) is 0 Å². The molecular formula is C14H15ClN2O3. The molecule has 0 unspecified atom stereocenters. The maximum Gasteiger partial charge on any atom is 0.231 e. The number of nitrogens with zero attached hydrogens (tertiary/aromatic N) is 1. The third-order valence-corrected chi connectivity index (χ3v) is 3.58. The third kappa shape index (κ3) is 2.46. The van der Waals surface area contributed by atoms with Crippen LogP contribution in [0, 0.1) is 13.8 Å². The summed E-state index contributed by atoms with van der Waals surface area (Å²) in [5, 5.41) is 7.86. The summed E-state index contributed by atoms with van der Waals surface area (Å²) in [6.45, 7) is 5.46. The van der Waals surface area contributed by atoms with Gasteiger partial charge in [0.15, 0.2) is 11.5 Å². The number of halogens is 1. The first-order valence-corrected chi connectivity index (χ1v) is 6.73. The van der Waals surface area contributed by atoms with Gasteiger partial charge < -0.3 is 19.3 Å². The van der Waals surface area contributed by atoms with E-state index < -0.39 is 0 Å². The van der Waals surface area contributed by atoms with Crippen molar-refractivity contribution >= 4 is 11.6 Å². The number of ether oxygens (including phenoxy) is 2. The van der Waals surface area contributed by atoms with Crippen molar-refractivity contribution in [1.82, 2.24) is 10.5 Å². The number of benzene rings is 1. The molecule has 1 aromatic heterocycles.